The van der Waals surface area contributed by atoms with Crippen molar-refractivity contribution in [1.29, 1.82) is 0 Å². The standard InChI is InChI=1S/C9H3Cl3IN/c10-4-1-5(11)8-7(2-4)14-3-6(13)9(8)12/h1-3H. The van der Waals surface area contributed by atoms with E-state index in [1.165, 1.54) is 0 Å². The van der Waals surface area contributed by atoms with E-state index in [2.05, 4.69) is 27.6 Å². The second-order valence-corrected chi connectivity index (χ2v) is 5.09. The summed E-state index contributed by atoms with van der Waals surface area (Å²) in [4.78, 5) is 4.20. The minimum absolute atomic E-state index is 0.531. The Morgan fingerprint density at radius 2 is 1.86 bits per heavy atom. The second-order valence-electron chi connectivity index (χ2n) is 2.70. The van der Waals surface area contributed by atoms with Crippen molar-refractivity contribution in [1.82, 2.24) is 4.98 Å². The van der Waals surface area contributed by atoms with E-state index in [0.29, 0.717) is 20.6 Å². The van der Waals surface area contributed by atoms with Crippen LogP contribution in [0.2, 0.25) is 15.1 Å². The van der Waals surface area contributed by atoms with Gasteiger partial charge in [-0.15, -0.1) is 0 Å². The minimum Gasteiger partial charge on any atom is -0.255 e. The molecule has 1 aromatic heterocycles. The zero-order chi connectivity index (χ0) is 10.3. The maximum absolute atomic E-state index is 6.11. The summed E-state index contributed by atoms with van der Waals surface area (Å²) in [6.07, 6.45) is 1.69. The van der Waals surface area contributed by atoms with Gasteiger partial charge in [-0.2, -0.15) is 0 Å². The lowest BCUT2D eigenvalue weighted by Gasteiger charge is -2.04. The molecule has 0 radical (unpaired) electrons. The Hall–Kier alpha value is 0.230. The molecular formula is C9H3Cl3IN. The predicted octanol–water partition coefficient (Wildman–Crippen LogP) is 4.80. The molecule has 0 fully saturated rings. The number of benzene rings is 1. The third-order valence-corrected chi connectivity index (χ3v) is 3.83. The van der Waals surface area contributed by atoms with Crippen molar-refractivity contribution in [2.75, 3.05) is 0 Å². The zero-order valence-corrected chi connectivity index (χ0v) is 11.1. The summed E-state index contributed by atoms with van der Waals surface area (Å²) in [5.74, 6) is 0. The van der Waals surface area contributed by atoms with Gasteiger partial charge in [0.2, 0.25) is 0 Å². The van der Waals surface area contributed by atoms with E-state index in [1.54, 1.807) is 18.3 Å². The smallest absolute Gasteiger partial charge is 0.0747 e. The SMILES string of the molecule is Clc1cc(Cl)c2c(Cl)c(I)cnc2c1. The number of rotatable bonds is 0. The van der Waals surface area contributed by atoms with Crippen molar-refractivity contribution in [3.63, 3.8) is 0 Å². The Balaban J connectivity index is 2.95. The summed E-state index contributed by atoms with van der Waals surface area (Å²) in [5, 5.41) is 2.47. The second kappa shape index (κ2) is 4.00. The lowest BCUT2D eigenvalue weighted by Crippen LogP contribution is -1.85. The molecule has 1 aromatic carbocycles. The highest BCUT2D eigenvalue weighted by atomic mass is 127. The van der Waals surface area contributed by atoms with E-state index in [1.807, 2.05) is 0 Å². The summed E-state index contributed by atoms with van der Waals surface area (Å²) in [6.45, 7) is 0. The van der Waals surface area contributed by atoms with E-state index in [4.69, 9.17) is 34.8 Å². The van der Waals surface area contributed by atoms with Gasteiger partial charge >= 0.3 is 0 Å². The third kappa shape index (κ3) is 1.81. The van der Waals surface area contributed by atoms with Crippen molar-refractivity contribution < 1.29 is 0 Å². The highest BCUT2D eigenvalue weighted by Gasteiger charge is 2.09. The third-order valence-electron chi connectivity index (χ3n) is 1.78. The van der Waals surface area contributed by atoms with Gasteiger partial charge in [0.25, 0.3) is 0 Å². The van der Waals surface area contributed by atoms with Crippen LogP contribution in [0.25, 0.3) is 10.9 Å². The van der Waals surface area contributed by atoms with Gasteiger partial charge in [0.15, 0.2) is 0 Å². The van der Waals surface area contributed by atoms with Crippen LogP contribution in [-0.4, -0.2) is 4.98 Å². The fourth-order valence-corrected chi connectivity index (χ4v) is 2.46. The molecule has 1 nitrogen and oxygen atoms in total. The number of nitrogens with zero attached hydrogens (tertiary/aromatic N) is 1. The number of aromatic nitrogens is 1. The molecule has 1 heterocycles. The molecule has 14 heavy (non-hydrogen) atoms. The van der Waals surface area contributed by atoms with Crippen LogP contribution in [-0.2, 0) is 0 Å². The van der Waals surface area contributed by atoms with Gasteiger partial charge < -0.3 is 0 Å². The quantitative estimate of drug-likeness (QED) is 0.617. The normalized spacial score (nSPS) is 10.9. The molecule has 0 N–H and O–H groups in total. The van der Waals surface area contributed by atoms with Crippen LogP contribution in [0.1, 0.15) is 0 Å². The molecule has 2 aromatic rings. The summed E-state index contributed by atoms with van der Waals surface area (Å²) < 4.78 is 0.876. The Bertz CT molecular complexity index is 513. The maximum atomic E-state index is 6.11. The van der Waals surface area contributed by atoms with E-state index in [0.717, 1.165) is 8.96 Å². The molecule has 0 aliphatic heterocycles. The summed E-state index contributed by atoms with van der Waals surface area (Å²) in [7, 11) is 0. The molecule has 0 saturated carbocycles. The van der Waals surface area contributed by atoms with Crippen LogP contribution in [0.15, 0.2) is 18.3 Å². The Kier molecular flexibility index (Phi) is 3.07. The van der Waals surface area contributed by atoms with Gasteiger partial charge in [-0.1, -0.05) is 34.8 Å². The van der Waals surface area contributed by atoms with Crippen LogP contribution in [0.3, 0.4) is 0 Å². The van der Waals surface area contributed by atoms with Crippen molar-refractivity contribution in [2.24, 2.45) is 0 Å². The molecule has 0 saturated heterocycles. The van der Waals surface area contributed by atoms with E-state index in [9.17, 15) is 0 Å². The van der Waals surface area contributed by atoms with Crippen LogP contribution >= 0.6 is 57.4 Å². The first-order valence-corrected chi connectivity index (χ1v) is 5.89. The fourth-order valence-electron chi connectivity index (χ4n) is 1.18. The number of fused-ring (bicyclic) bond motifs is 1. The summed E-state index contributed by atoms with van der Waals surface area (Å²) in [6, 6.07) is 3.40. The summed E-state index contributed by atoms with van der Waals surface area (Å²) >= 11 is 20.1. The number of hydrogen-bond acceptors (Lipinski definition) is 1. The maximum Gasteiger partial charge on any atom is 0.0747 e. The van der Waals surface area contributed by atoms with Gasteiger partial charge in [0.05, 0.1) is 19.1 Å². The van der Waals surface area contributed by atoms with Crippen LogP contribution in [0, 0.1) is 3.57 Å². The van der Waals surface area contributed by atoms with E-state index in [-0.39, 0.29) is 0 Å². The first-order chi connectivity index (χ1) is 6.59. The van der Waals surface area contributed by atoms with Crippen molar-refractivity contribution in [3.8, 4) is 0 Å². The Morgan fingerprint density at radius 1 is 1.14 bits per heavy atom. The topological polar surface area (TPSA) is 12.9 Å². The molecule has 2 rings (SSSR count). The predicted molar refractivity (Wildman–Crippen MR) is 69.5 cm³/mol. The van der Waals surface area contributed by atoms with Gasteiger partial charge in [-0.25, -0.2) is 0 Å². The van der Waals surface area contributed by atoms with Crippen molar-refractivity contribution in [2.45, 2.75) is 0 Å². The van der Waals surface area contributed by atoms with Crippen LogP contribution < -0.4 is 0 Å². The molecular weight excluding hydrogens is 355 g/mol. The number of halogens is 4. The molecule has 0 unspecified atom stereocenters. The van der Waals surface area contributed by atoms with Crippen LogP contribution in [0.5, 0.6) is 0 Å². The van der Waals surface area contributed by atoms with Crippen molar-refractivity contribution >= 4 is 68.3 Å². The monoisotopic (exact) mass is 357 g/mol. The molecule has 5 heteroatoms. The van der Waals surface area contributed by atoms with Crippen LogP contribution in [0.4, 0.5) is 0 Å². The number of hydrogen-bond donors (Lipinski definition) is 0. The first-order valence-electron chi connectivity index (χ1n) is 3.68. The molecule has 0 aliphatic carbocycles. The molecule has 0 bridgehead atoms. The average Bonchev–Trinajstić information content (AvgIpc) is 2.10. The van der Waals surface area contributed by atoms with Gasteiger partial charge in [0, 0.05) is 16.6 Å². The van der Waals surface area contributed by atoms with Gasteiger partial charge in [0.1, 0.15) is 0 Å². The Morgan fingerprint density at radius 3 is 2.57 bits per heavy atom. The van der Waals surface area contributed by atoms with Gasteiger partial charge in [-0.05, 0) is 34.7 Å². The van der Waals surface area contributed by atoms with E-state index < -0.39 is 0 Å². The average molecular weight is 358 g/mol. The molecule has 0 atom stereocenters. The zero-order valence-electron chi connectivity index (χ0n) is 6.69. The van der Waals surface area contributed by atoms with E-state index >= 15 is 0 Å². The highest BCUT2D eigenvalue weighted by Crippen LogP contribution is 2.34. The first kappa shape index (κ1) is 10.7. The van der Waals surface area contributed by atoms with Gasteiger partial charge in [-0.3, -0.25) is 4.98 Å². The highest BCUT2D eigenvalue weighted by molar-refractivity contribution is 14.1. The molecule has 0 spiro atoms. The largest absolute Gasteiger partial charge is 0.255 e. The lowest BCUT2D eigenvalue weighted by atomic mass is 10.2. The fraction of sp³-hybridized carbons (Fsp3) is 0. The molecule has 72 valence electrons. The Labute approximate surface area is 110 Å². The summed E-state index contributed by atoms with van der Waals surface area (Å²) in [5.41, 5.74) is 0.716. The van der Waals surface area contributed by atoms with Crippen molar-refractivity contribution in [3.05, 3.63) is 37.0 Å². The number of pyridine rings is 1. The molecule has 0 amide bonds. The minimum atomic E-state index is 0.531. The lowest BCUT2D eigenvalue weighted by molar-refractivity contribution is 1.39. The molecule has 0 aliphatic rings.